The first-order chi connectivity index (χ1) is 15.2. The quantitative estimate of drug-likeness (QED) is 0.328. The molecule has 3 heteroatoms. The zero-order valence-electron chi connectivity index (χ0n) is 19.1. The Morgan fingerprint density at radius 3 is 1.87 bits per heavy atom. The van der Waals surface area contributed by atoms with Crippen LogP contribution in [0.15, 0.2) is 54.6 Å². The predicted molar refractivity (Wildman–Crippen MR) is 133 cm³/mol. The first-order valence-corrected chi connectivity index (χ1v) is 12.8. The summed E-state index contributed by atoms with van der Waals surface area (Å²) in [6, 6.07) is 18.6. The van der Waals surface area contributed by atoms with Crippen LogP contribution in [0.3, 0.4) is 0 Å². The SMILES string of the molecule is OC1(c2ccc(Cl)cc2)CCN(CCCCCCCCCCCc2ccccc2)CC1. The molecule has 0 atom stereocenters. The second-order valence-corrected chi connectivity index (χ2v) is 9.73. The van der Waals surface area contributed by atoms with Gasteiger partial charge in [-0.05, 0) is 61.9 Å². The maximum Gasteiger partial charge on any atom is 0.0920 e. The highest BCUT2D eigenvalue weighted by molar-refractivity contribution is 6.30. The molecule has 2 aromatic rings. The standard InChI is InChI=1S/C28H40ClNO/c29-27-18-16-26(17-19-27)28(31)20-23-30(24-21-28)22-12-7-5-3-1-2-4-6-9-13-25-14-10-8-11-15-25/h8,10-11,14-19,31H,1-7,9,12-13,20-24H2. The molecule has 0 unspecified atom stereocenters. The number of hydrogen-bond donors (Lipinski definition) is 1. The van der Waals surface area contributed by atoms with E-state index in [0.29, 0.717) is 0 Å². The van der Waals surface area contributed by atoms with E-state index in [1.54, 1.807) is 0 Å². The molecule has 0 bridgehead atoms. The summed E-state index contributed by atoms with van der Waals surface area (Å²) in [5, 5.41) is 11.7. The van der Waals surface area contributed by atoms with E-state index in [1.165, 1.54) is 76.3 Å². The lowest BCUT2D eigenvalue weighted by Gasteiger charge is -2.38. The molecular formula is C28H40ClNO. The van der Waals surface area contributed by atoms with Gasteiger partial charge in [0.25, 0.3) is 0 Å². The average Bonchev–Trinajstić information content (AvgIpc) is 2.80. The molecule has 1 fully saturated rings. The summed E-state index contributed by atoms with van der Waals surface area (Å²) in [4.78, 5) is 2.52. The molecular weight excluding hydrogens is 402 g/mol. The van der Waals surface area contributed by atoms with Crippen LogP contribution in [0.2, 0.25) is 5.02 Å². The lowest BCUT2D eigenvalue weighted by molar-refractivity contribution is -0.0261. The van der Waals surface area contributed by atoms with Crippen LogP contribution < -0.4 is 0 Å². The second-order valence-electron chi connectivity index (χ2n) is 9.30. The van der Waals surface area contributed by atoms with E-state index in [4.69, 9.17) is 11.6 Å². The molecule has 31 heavy (non-hydrogen) atoms. The molecule has 0 radical (unpaired) electrons. The van der Waals surface area contributed by atoms with E-state index in [9.17, 15) is 5.11 Å². The van der Waals surface area contributed by atoms with E-state index in [2.05, 4.69) is 35.2 Å². The molecule has 1 aliphatic heterocycles. The summed E-state index contributed by atoms with van der Waals surface area (Å²) in [6.07, 6.45) is 15.1. The van der Waals surface area contributed by atoms with E-state index in [0.717, 1.165) is 36.5 Å². The van der Waals surface area contributed by atoms with Gasteiger partial charge in [0.05, 0.1) is 5.60 Å². The van der Waals surface area contributed by atoms with Gasteiger partial charge in [0.1, 0.15) is 0 Å². The Morgan fingerprint density at radius 2 is 1.26 bits per heavy atom. The van der Waals surface area contributed by atoms with Gasteiger partial charge in [-0.2, -0.15) is 0 Å². The number of rotatable bonds is 13. The minimum absolute atomic E-state index is 0.678. The molecule has 0 spiro atoms. The van der Waals surface area contributed by atoms with Crippen molar-refractivity contribution >= 4 is 11.6 Å². The fourth-order valence-electron chi connectivity index (χ4n) is 4.74. The monoisotopic (exact) mass is 441 g/mol. The lowest BCUT2D eigenvalue weighted by atomic mass is 9.84. The summed E-state index contributed by atoms with van der Waals surface area (Å²) in [7, 11) is 0. The number of aryl methyl sites for hydroxylation is 1. The van der Waals surface area contributed by atoms with Crippen LogP contribution in [-0.2, 0) is 12.0 Å². The maximum absolute atomic E-state index is 11.0. The van der Waals surface area contributed by atoms with E-state index >= 15 is 0 Å². The minimum Gasteiger partial charge on any atom is -0.385 e. The van der Waals surface area contributed by atoms with Crippen molar-refractivity contribution in [1.29, 1.82) is 0 Å². The number of likely N-dealkylation sites (tertiary alicyclic amines) is 1. The summed E-state index contributed by atoms with van der Waals surface area (Å²) in [5.74, 6) is 0. The summed E-state index contributed by atoms with van der Waals surface area (Å²) in [6.45, 7) is 3.15. The Kier molecular flexibility index (Phi) is 10.4. The zero-order chi connectivity index (χ0) is 21.8. The fourth-order valence-corrected chi connectivity index (χ4v) is 4.87. The van der Waals surface area contributed by atoms with E-state index < -0.39 is 5.60 Å². The number of unbranched alkanes of at least 4 members (excludes halogenated alkanes) is 8. The predicted octanol–water partition coefficient (Wildman–Crippen LogP) is 7.38. The van der Waals surface area contributed by atoms with Crippen molar-refractivity contribution in [3.05, 3.63) is 70.7 Å². The van der Waals surface area contributed by atoms with Gasteiger partial charge >= 0.3 is 0 Å². The van der Waals surface area contributed by atoms with Crippen LogP contribution >= 0.6 is 11.6 Å². The van der Waals surface area contributed by atoms with Gasteiger partial charge in [0, 0.05) is 18.1 Å². The van der Waals surface area contributed by atoms with Crippen molar-refractivity contribution in [2.45, 2.75) is 82.7 Å². The number of hydrogen-bond acceptors (Lipinski definition) is 2. The summed E-state index contributed by atoms with van der Waals surface area (Å²) < 4.78 is 0. The molecule has 0 aliphatic carbocycles. The number of benzene rings is 2. The third kappa shape index (κ3) is 8.60. The average molecular weight is 442 g/mol. The van der Waals surface area contributed by atoms with Crippen LogP contribution in [0, 0.1) is 0 Å². The molecule has 2 nitrogen and oxygen atoms in total. The van der Waals surface area contributed by atoms with Crippen LogP contribution in [-0.4, -0.2) is 29.6 Å². The number of piperidine rings is 1. The van der Waals surface area contributed by atoms with Crippen LogP contribution in [0.4, 0.5) is 0 Å². The van der Waals surface area contributed by atoms with Gasteiger partial charge in [0.15, 0.2) is 0 Å². The van der Waals surface area contributed by atoms with Gasteiger partial charge in [-0.25, -0.2) is 0 Å². The topological polar surface area (TPSA) is 23.5 Å². The van der Waals surface area contributed by atoms with Crippen molar-refractivity contribution in [1.82, 2.24) is 4.90 Å². The molecule has 1 saturated heterocycles. The summed E-state index contributed by atoms with van der Waals surface area (Å²) >= 11 is 5.98. The highest BCUT2D eigenvalue weighted by atomic mass is 35.5. The highest BCUT2D eigenvalue weighted by Crippen LogP contribution is 2.33. The Morgan fingerprint density at radius 1 is 0.710 bits per heavy atom. The van der Waals surface area contributed by atoms with Gasteiger partial charge in [0.2, 0.25) is 0 Å². The Labute approximate surface area is 194 Å². The second kappa shape index (κ2) is 13.3. The van der Waals surface area contributed by atoms with Crippen molar-refractivity contribution in [2.75, 3.05) is 19.6 Å². The lowest BCUT2D eigenvalue weighted by Crippen LogP contribution is -2.42. The van der Waals surface area contributed by atoms with Crippen molar-refractivity contribution in [3.8, 4) is 0 Å². The number of halogens is 1. The zero-order valence-corrected chi connectivity index (χ0v) is 19.8. The molecule has 0 saturated carbocycles. The molecule has 1 N–H and O–H groups in total. The van der Waals surface area contributed by atoms with Crippen molar-refractivity contribution in [3.63, 3.8) is 0 Å². The van der Waals surface area contributed by atoms with Gasteiger partial charge in [-0.3, -0.25) is 0 Å². The highest BCUT2D eigenvalue weighted by Gasteiger charge is 2.33. The number of aliphatic hydroxyl groups is 1. The first-order valence-electron chi connectivity index (χ1n) is 12.4. The molecule has 1 aliphatic rings. The Hall–Kier alpha value is -1.35. The molecule has 2 aromatic carbocycles. The molecule has 0 aromatic heterocycles. The van der Waals surface area contributed by atoms with Crippen molar-refractivity contribution < 1.29 is 5.11 Å². The Bertz CT molecular complexity index is 722. The smallest absolute Gasteiger partial charge is 0.0920 e. The molecule has 1 heterocycles. The molecule has 170 valence electrons. The van der Waals surface area contributed by atoms with Crippen LogP contribution in [0.25, 0.3) is 0 Å². The minimum atomic E-state index is -0.678. The maximum atomic E-state index is 11.0. The third-order valence-electron chi connectivity index (χ3n) is 6.85. The summed E-state index contributed by atoms with van der Waals surface area (Å²) in [5.41, 5.74) is 1.81. The van der Waals surface area contributed by atoms with Gasteiger partial charge < -0.3 is 10.0 Å². The number of nitrogens with zero attached hydrogens (tertiary/aromatic N) is 1. The van der Waals surface area contributed by atoms with Gasteiger partial charge in [-0.1, -0.05) is 99.0 Å². The van der Waals surface area contributed by atoms with E-state index in [-0.39, 0.29) is 0 Å². The van der Waals surface area contributed by atoms with Crippen molar-refractivity contribution in [2.24, 2.45) is 0 Å². The normalized spacial score (nSPS) is 16.5. The molecule has 3 rings (SSSR count). The Balaban J connectivity index is 1.15. The fraction of sp³-hybridized carbons (Fsp3) is 0.571. The largest absolute Gasteiger partial charge is 0.385 e. The third-order valence-corrected chi connectivity index (χ3v) is 7.10. The van der Waals surface area contributed by atoms with Crippen LogP contribution in [0.5, 0.6) is 0 Å². The molecule has 0 amide bonds. The van der Waals surface area contributed by atoms with Gasteiger partial charge in [-0.15, -0.1) is 0 Å². The van der Waals surface area contributed by atoms with E-state index in [1.807, 2.05) is 24.3 Å². The van der Waals surface area contributed by atoms with Crippen LogP contribution in [0.1, 0.15) is 81.8 Å². The first kappa shape index (κ1) is 24.3.